The number of carbonyl (C=O) groups is 1. The number of piperidine rings is 1. The summed E-state index contributed by atoms with van der Waals surface area (Å²) >= 11 is 0. The van der Waals surface area contributed by atoms with E-state index in [1.54, 1.807) is 0 Å². The van der Waals surface area contributed by atoms with Crippen molar-refractivity contribution in [3.05, 3.63) is 35.4 Å². The Bertz CT molecular complexity index is 559. The first-order valence-corrected chi connectivity index (χ1v) is 8.86. The summed E-state index contributed by atoms with van der Waals surface area (Å²) in [5, 5.41) is 6.51. The molecule has 4 nitrogen and oxygen atoms in total. The van der Waals surface area contributed by atoms with Gasteiger partial charge in [0.15, 0.2) is 0 Å². The molecule has 1 aromatic carbocycles. The minimum absolute atomic E-state index is 0. The van der Waals surface area contributed by atoms with Crippen LogP contribution in [-0.2, 0) is 17.8 Å². The third kappa shape index (κ3) is 5.58. The Hall–Kier alpha value is -0.810. The van der Waals surface area contributed by atoms with Gasteiger partial charge in [0, 0.05) is 31.7 Å². The van der Waals surface area contributed by atoms with Crippen molar-refractivity contribution in [1.29, 1.82) is 0 Å². The van der Waals surface area contributed by atoms with Gasteiger partial charge in [-0.3, -0.25) is 9.69 Å². The normalized spacial score (nSPS) is 20.6. The number of fused-ring (bicyclic) bond motifs is 1. The zero-order chi connectivity index (χ0) is 16.3. The number of carbonyl (C=O) groups excluding carboxylic acids is 1. The molecule has 0 bridgehead atoms. The highest BCUT2D eigenvalue weighted by molar-refractivity contribution is 5.85. The summed E-state index contributed by atoms with van der Waals surface area (Å²) in [5.74, 6) is 0.351. The van der Waals surface area contributed by atoms with Crippen molar-refractivity contribution >= 4 is 30.7 Å². The van der Waals surface area contributed by atoms with Gasteiger partial charge < -0.3 is 10.6 Å². The lowest BCUT2D eigenvalue weighted by Crippen LogP contribution is -2.54. The number of hydrogen-bond donors (Lipinski definition) is 2. The number of rotatable bonds is 4. The fourth-order valence-electron chi connectivity index (χ4n) is 3.65. The van der Waals surface area contributed by atoms with Crippen LogP contribution < -0.4 is 10.6 Å². The molecule has 0 aliphatic carbocycles. The third-order valence-corrected chi connectivity index (χ3v) is 5.35. The zero-order valence-electron chi connectivity index (χ0n) is 15.2. The number of hydrogen-bond acceptors (Lipinski definition) is 3. The molecule has 2 N–H and O–H groups in total. The van der Waals surface area contributed by atoms with Gasteiger partial charge in [-0.25, -0.2) is 0 Å². The van der Waals surface area contributed by atoms with Gasteiger partial charge in [0.25, 0.3) is 0 Å². The smallest absolute Gasteiger partial charge is 0.224 e. The predicted octanol–water partition coefficient (Wildman–Crippen LogP) is 2.78. The van der Waals surface area contributed by atoms with Gasteiger partial charge in [0.2, 0.25) is 5.91 Å². The van der Waals surface area contributed by atoms with Gasteiger partial charge in [0.05, 0.1) is 5.92 Å². The van der Waals surface area contributed by atoms with Crippen molar-refractivity contribution in [3.63, 3.8) is 0 Å². The average Bonchev–Trinajstić information content (AvgIpc) is 2.60. The average molecular weight is 388 g/mol. The predicted molar refractivity (Wildman–Crippen MR) is 108 cm³/mol. The lowest BCUT2D eigenvalue weighted by atomic mass is 9.93. The van der Waals surface area contributed by atoms with Crippen molar-refractivity contribution < 1.29 is 4.79 Å². The molecular formula is C19H31Cl2N3O. The minimum Gasteiger partial charge on any atom is -0.354 e. The van der Waals surface area contributed by atoms with E-state index in [4.69, 9.17) is 0 Å². The highest BCUT2D eigenvalue weighted by atomic mass is 35.5. The lowest BCUT2D eigenvalue weighted by Gasteiger charge is -2.42. The second-order valence-electron chi connectivity index (χ2n) is 7.51. The van der Waals surface area contributed by atoms with Crippen LogP contribution in [0.25, 0.3) is 0 Å². The monoisotopic (exact) mass is 387 g/mol. The second kappa shape index (κ2) is 9.77. The van der Waals surface area contributed by atoms with Crippen LogP contribution in [-0.4, -0.2) is 42.5 Å². The molecular weight excluding hydrogens is 357 g/mol. The number of amides is 1. The molecule has 0 aromatic heterocycles. The summed E-state index contributed by atoms with van der Waals surface area (Å²) in [6.45, 7) is 9.09. The zero-order valence-corrected chi connectivity index (χ0v) is 16.8. The molecule has 0 spiro atoms. The summed E-state index contributed by atoms with van der Waals surface area (Å²) < 4.78 is 0. The number of benzene rings is 1. The van der Waals surface area contributed by atoms with Crippen molar-refractivity contribution in [3.8, 4) is 0 Å². The Balaban J connectivity index is 0.00000156. The first-order chi connectivity index (χ1) is 11.1. The Morgan fingerprint density at radius 2 is 2.00 bits per heavy atom. The Kier molecular flexibility index (Phi) is 8.69. The van der Waals surface area contributed by atoms with Crippen LogP contribution >= 0.6 is 24.8 Å². The van der Waals surface area contributed by atoms with Gasteiger partial charge in [-0.2, -0.15) is 0 Å². The summed E-state index contributed by atoms with van der Waals surface area (Å²) in [6.07, 6.45) is 3.21. The quantitative estimate of drug-likeness (QED) is 0.834. The molecule has 1 fully saturated rings. The summed E-state index contributed by atoms with van der Waals surface area (Å²) in [5.41, 5.74) is 2.87. The van der Waals surface area contributed by atoms with E-state index in [1.165, 1.54) is 11.1 Å². The molecule has 1 aromatic rings. The van der Waals surface area contributed by atoms with Gasteiger partial charge >= 0.3 is 0 Å². The Morgan fingerprint density at radius 3 is 2.68 bits per heavy atom. The van der Waals surface area contributed by atoms with E-state index in [9.17, 15) is 4.79 Å². The number of nitrogens with zero attached hydrogens (tertiary/aromatic N) is 1. The van der Waals surface area contributed by atoms with Crippen LogP contribution in [0.15, 0.2) is 24.3 Å². The molecule has 0 radical (unpaired) electrons. The number of halogens is 2. The molecule has 1 saturated heterocycles. The topological polar surface area (TPSA) is 44.4 Å². The standard InChI is InChI=1S/C19H29N3O.2ClH/c1-19(2,14-21-18(23)16-8-5-10-20-12-16)22-11-9-15-6-3-4-7-17(15)13-22;;/h3-4,6-7,16,20H,5,8-14H2,1-2H3,(H,21,23);2*1H. The molecule has 3 rings (SSSR count). The fourth-order valence-corrected chi connectivity index (χ4v) is 3.65. The summed E-state index contributed by atoms with van der Waals surface area (Å²) in [4.78, 5) is 14.9. The van der Waals surface area contributed by atoms with E-state index < -0.39 is 0 Å². The van der Waals surface area contributed by atoms with Crippen molar-refractivity contribution in [2.24, 2.45) is 5.92 Å². The van der Waals surface area contributed by atoms with Gasteiger partial charge in [-0.15, -0.1) is 24.8 Å². The highest BCUT2D eigenvalue weighted by Gasteiger charge is 2.31. The van der Waals surface area contributed by atoms with Gasteiger partial charge in [-0.1, -0.05) is 24.3 Å². The molecule has 2 aliphatic heterocycles. The van der Waals surface area contributed by atoms with Crippen molar-refractivity contribution in [1.82, 2.24) is 15.5 Å². The molecule has 142 valence electrons. The van der Waals surface area contributed by atoms with Crippen molar-refractivity contribution in [2.45, 2.75) is 45.2 Å². The molecule has 2 aliphatic rings. The first kappa shape index (κ1) is 22.2. The maximum Gasteiger partial charge on any atom is 0.224 e. The minimum atomic E-state index is -0.0225. The SMILES string of the molecule is CC(C)(CNC(=O)C1CCCNC1)N1CCc2ccccc2C1.Cl.Cl. The maximum absolute atomic E-state index is 12.4. The van der Waals surface area contributed by atoms with E-state index in [1.807, 2.05) is 0 Å². The van der Waals surface area contributed by atoms with E-state index >= 15 is 0 Å². The first-order valence-electron chi connectivity index (χ1n) is 8.86. The third-order valence-electron chi connectivity index (χ3n) is 5.35. The molecule has 2 heterocycles. The largest absolute Gasteiger partial charge is 0.354 e. The van der Waals surface area contributed by atoms with Crippen LogP contribution in [0.4, 0.5) is 0 Å². The van der Waals surface area contributed by atoms with E-state index in [-0.39, 0.29) is 42.2 Å². The Morgan fingerprint density at radius 1 is 1.28 bits per heavy atom. The van der Waals surface area contributed by atoms with E-state index in [0.29, 0.717) is 6.54 Å². The van der Waals surface area contributed by atoms with Crippen molar-refractivity contribution in [2.75, 3.05) is 26.2 Å². The molecule has 1 amide bonds. The number of nitrogens with one attached hydrogen (secondary N) is 2. The maximum atomic E-state index is 12.4. The molecule has 1 unspecified atom stereocenters. The molecule has 1 atom stereocenters. The van der Waals surface area contributed by atoms with Crippen LogP contribution in [0.3, 0.4) is 0 Å². The molecule has 6 heteroatoms. The van der Waals surface area contributed by atoms with Gasteiger partial charge in [-0.05, 0) is 50.8 Å². The Labute approximate surface area is 163 Å². The molecule has 25 heavy (non-hydrogen) atoms. The van der Waals surface area contributed by atoms with Crippen LogP contribution in [0, 0.1) is 5.92 Å². The fraction of sp³-hybridized carbons (Fsp3) is 0.632. The summed E-state index contributed by atoms with van der Waals surface area (Å²) in [6, 6.07) is 8.70. The van der Waals surface area contributed by atoms with Gasteiger partial charge in [0.1, 0.15) is 0 Å². The molecule has 0 saturated carbocycles. The van der Waals surface area contributed by atoms with Crippen LogP contribution in [0.1, 0.15) is 37.8 Å². The van der Waals surface area contributed by atoms with Crippen LogP contribution in [0.5, 0.6) is 0 Å². The lowest BCUT2D eigenvalue weighted by molar-refractivity contribution is -0.126. The van der Waals surface area contributed by atoms with Crippen LogP contribution in [0.2, 0.25) is 0 Å². The highest BCUT2D eigenvalue weighted by Crippen LogP contribution is 2.25. The van der Waals surface area contributed by atoms with E-state index in [2.05, 4.69) is 53.6 Å². The summed E-state index contributed by atoms with van der Waals surface area (Å²) in [7, 11) is 0. The second-order valence-corrected chi connectivity index (χ2v) is 7.51. The van der Waals surface area contributed by atoms with E-state index in [0.717, 1.165) is 45.4 Å².